The molecule has 0 aliphatic heterocycles. The van der Waals surface area contributed by atoms with Crippen LogP contribution in [0.15, 0.2) is 0 Å². The minimum atomic E-state index is 0.218. The van der Waals surface area contributed by atoms with E-state index in [1.54, 1.807) is 4.90 Å². The molecule has 0 radical (unpaired) electrons. The molecular weight excluding hydrogens is 140 g/mol. The van der Waals surface area contributed by atoms with Gasteiger partial charge in [-0.05, 0) is 19.8 Å². The molecule has 2 N–H and O–H groups in total. The minimum Gasteiger partial charge on any atom is -0.346 e. The summed E-state index contributed by atoms with van der Waals surface area (Å²) < 4.78 is 0. The minimum absolute atomic E-state index is 0.218. The Hall–Kier alpha value is -0.570. The normalized spacial score (nSPS) is 29.4. The third kappa shape index (κ3) is 1.71. The predicted molar refractivity (Wildman–Crippen MR) is 44.0 cm³/mol. The Kier molecular flexibility index (Phi) is 2.49. The van der Waals surface area contributed by atoms with E-state index in [0.717, 1.165) is 19.4 Å². The average molecular weight is 156 g/mol. The number of amides is 1. The van der Waals surface area contributed by atoms with E-state index in [9.17, 15) is 4.79 Å². The van der Waals surface area contributed by atoms with Crippen LogP contribution in [0.2, 0.25) is 0 Å². The summed E-state index contributed by atoms with van der Waals surface area (Å²) in [6.07, 6.45) is 1.76. The van der Waals surface area contributed by atoms with Crippen LogP contribution in [0.3, 0.4) is 0 Å². The van der Waals surface area contributed by atoms with E-state index in [1.165, 1.54) is 0 Å². The van der Waals surface area contributed by atoms with Crippen LogP contribution in [0, 0.1) is 5.92 Å². The van der Waals surface area contributed by atoms with E-state index in [4.69, 9.17) is 5.73 Å². The molecule has 0 unspecified atom stereocenters. The van der Waals surface area contributed by atoms with E-state index in [0.29, 0.717) is 0 Å². The van der Waals surface area contributed by atoms with Gasteiger partial charge >= 0.3 is 0 Å². The number of hydrogen-bond donors (Lipinski definition) is 1. The van der Waals surface area contributed by atoms with Crippen molar-refractivity contribution in [1.29, 1.82) is 0 Å². The first-order valence-corrected chi connectivity index (χ1v) is 4.15. The molecule has 1 fully saturated rings. The lowest BCUT2D eigenvalue weighted by molar-refractivity contribution is -0.137. The first-order chi connectivity index (χ1) is 5.15. The van der Waals surface area contributed by atoms with Crippen LogP contribution in [-0.2, 0) is 4.79 Å². The first-order valence-electron chi connectivity index (χ1n) is 4.15. The Morgan fingerprint density at radius 3 is 2.55 bits per heavy atom. The molecule has 0 heterocycles. The summed E-state index contributed by atoms with van der Waals surface area (Å²) >= 11 is 0. The predicted octanol–water partition coefficient (Wildman–Crippen LogP) is 0.202. The van der Waals surface area contributed by atoms with E-state index >= 15 is 0 Å². The topological polar surface area (TPSA) is 46.3 Å². The van der Waals surface area contributed by atoms with Crippen molar-refractivity contribution in [2.45, 2.75) is 25.8 Å². The van der Waals surface area contributed by atoms with Gasteiger partial charge in [-0.25, -0.2) is 0 Å². The van der Waals surface area contributed by atoms with Gasteiger partial charge in [0.05, 0.1) is 0 Å². The van der Waals surface area contributed by atoms with Crippen molar-refractivity contribution in [3.8, 4) is 0 Å². The fraction of sp³-hybridized carbons (Fsp3) is 0.875. The molecule has 0 atom stereocenters. The van der Waals surface area contributed by atoms with Gasteiger partial charge in [0.1, 0.15) is 0 Å². The van der Waals surface area contributed by atoms with Crippen molar-refractivity contribution in [2.24, 2.45) is 11.7 Å². The maximum atomic E-state index is 11.4. The van der Waals surface area contributed by atoms with Crippen molar-refractivity contribution in [2.75, 3.05) is 13.6 Å². The number of nitrogens with two attached hydrogens (primary N) is 1. The fourth-order valence-corrected chi connectivity index (χ4v) is 1.33. The summed E-state index contributed by atoms with van der Waals surface area (Å²) in [6.45, 7) is 2.78. The zero-order chi connectivity index (χ0) is 8.43. The van der Waals surface area contributed by atoms with Gasteiger partial charge in [-0.15, -0.1) is 0 Å². The van der Waals surface area contributed by atoms with Gasteiger partial charge < -0.3 is 10.6 Å². The SMILES string of the molecule is CCN(C)C(=O)C1CC(N)C1. The van der Waals surface area contributed by atoms with Gasteiger partial charge in [0.15, 0.2) is 0 Å². The molecule has 3 heteroatoms. The van der Waals surface area contributed by atoms with Crippen LogP contribution in [0.25, 0.3) is 0 Å². The van der Waals surface area contributed by atoms with E-state index in [1.807, 2.05) is 14.0 Å². The van der Waals surface area contributed by atoms with E-state index in [-0.39, 0.29) is 17.9 Å². The second-order valence-electron chi connectivity index (χ2n) is 3.28. The molecule has 64 valence electrons. The Bertz CT molecular complexity index is 152. The first kappa shape index (κ1) is 8.53. The summed E-state index contributed by atoms with van der Waals surface area (Å²) in [7, 11) is 1.84. The van der Waals surface area contributed by atoms with Gasteiger partial charge in [0.2, 0.25) is 5.91 Å². The van der Waals surface area contributed by atoms with Crippen LogP contribution in [0.4, 0.5) is 0 Å². The third-order valence-corrected chi connectivity index (χ3v) is 2.37. The summed E-state index contributed by atoms with van der Waals surface area (Å²) in [5, 5.41) is 0. The molecule has 1 amide bonds. The molecule has 0 aromatic heterocycles. The zero-order valence-corrected chi connectivity index (χ0v) is 7.21. The smallest absolute Gasteiger partial charge is 0.225 e. The Morgan fingerprint density at radius 2 is 2.18 bits per heavy atom. The van der Waals surface area contributed by atoms with Crippen LogP contribution in [-0.4, -0.2) is 30.4 Å². The number of carbonyl (C=O) groups is 1. The summed E-state index contributed by atoms with van der Waals surface area (Å²) in [4.78, 5) is 13.1. The number of nitrogens with zero attached hydrogens (tertiary/aromatic N) is 1. The lowest BCUT2D eigenvalue weighted by Gasteiger charge is -2.33. The molecule has 1 aliphatic carbocycles. The Labute approximate surface area is 67.5 Å². The standard InChI is InChI=1S/C8H16N2O/c1-3-10(2)8(11)6-4-7(9)5-6/h6-7H,3-5,9H2,1-2H3. The zero-order valence-electron chi connectivity index (χ0n) is 7.21. The molecule has 1 aliphatic rings. The molecule has 0 saturated heterocycles. The molecule has 0 spiro atoms. The highest BCUT2D eigenvalue weighted by Crippen LogP contribution is 2.26. The maximum absolute atomic E-state index is 11.4. The maximum Gasteiger partial charge on any atom is 0.225 e. The summed E-state index contributed by atoms with van der Waals surface area (Å²) in [5.41, 5.74) is 5.58. The number of rotatable bonds is 2. The van der Waals surface area contributed by atoms with Crippen molar-refractivity contribution >= 4 is 5.91 Å². The average Bonchev–Trinajstić information content (AvgIpc) is 1.96. The third-order valence-electron chi connectivity index (χ3n) is 2.37. The van der Waals surface area contributed by atoms with Crippen molar-refractivity contribution in [3.05, 3.63) is 0 Å². The highest BCUT2D eigenvalue weighted by atomic mass is 16.2. The molecule has 0 aromatic rings. The Morgan fingerprint density at radius 1 is 1.64 bits per heavy atom. The van der Waals surface area contributed by atoms with Crippen molar-refractivity contribution in [1.82, 2.24) is 4.90 Å². The monoisotopic (exact) mass is 156 g/mol. The van der Waals surface area contributed by atoms with Gasteiger partial charge in [-0.1, -0.05) is 0 Å². The van der Waals surface area contributed by atoms with Gasteiger partial charge in [0.25, 0.3) is 0 Å². The summed E-state index contributed by atoms with van der Waals surface area (Å²) in [6, 6.07) is 0.272. The van der Waals surface area contributed by atoms with Gasteiger partial charge in [-0.2, -0.15) is 0 Å². The van der Waals surface area contributed by atoms with Crippen LogP contribution in [0.1, 0.15) is 19.8 Å². The van der Waals surface area contributed by atoms with Crippen LogP contribution in [0.5, 0.6) is 0 Å². The molecule has 1 rings (SSSR count). The number of hydrogen-bond acceptors (Lipinski definition) is 2. The molecule has 1 saturated carbocycles. The lowest BCUT2D eigenvalue weighted by Crippen LogP contribution is -2.45. The molecular formula is C8H16N2O. The second-order valence-corrected chi connectivity index (χ2v) is 3.28. The summed E-state index contributed by atoms with van der Waals surface area (Å²) in [5.74, 6) is 0.476. The largest absolute Gasteiger partial charge is 0.346 e. The van der Waals surface area contributed by atoms with Crippen LogP contribution < -0.4 is 5.73 Å². The molecule has 11 heavy (non-hydrogen) atoms. The molecule has 0 aromatic carbocycles. The quantitative estimate of drug-likeness (QED) is 0.621. The highest BCUT2D eigenvalue weighted by Gasteiger charge is 2.33. The molecule has 3 nitrogen and oxygen atoms in total. The molecule has 0 bridgehead atoms. The van der Waals surface area contributed by atoms with Gasteiger partial charge in [0, 0.05) is 25.6 Å². The van der Waals surface area contributed by atoms with Crippen molar-refractivity contribution in [3.63, 3.8) is 0 Å². The highest BCUT2D eigenvalue weighted by molar-refractivity contribution is 5.79. The van der Waals surface area contributed by atoms with Crippen LogP contribution >= 0.6 is 0 Å². The van der Waals surface area contributed by atoms with Crippen molar-refractivity contribution < 1.29 is 4.79 Å². The number of carbonyl (C=O) groups excluding carboxylic acids is 1. The second kappa shape index (κ2) is 3.22. The van der Waals surface area contributed by atoms with E-state index in [2.05, 4.69) is 0 Å². The fourth-order valence-electron chi connectivity index (χ4n) is 1.33. The lowest BCUT2D eigenvalue weighted by atomic mass is 9.80. The van der Waals surface area contributed by atoms with E-state index < -0.39 is 0 Å². The van der Waals surface area contributed by atoms with Gasteiger partial charge in [-0.3, -0.25) is 4.79 Å². The Balaban J connectivity index is 2.31.